The fourth-order valence-corrected chi connectivity index (χ4v) is 1.42. The molecule has 1 aromatic carbocycles. The number of hydrogen-bond acceptors (Lipinski definition) is 2. The summed E-state index contributed by atoms with van der Waals surface area (Å²) in [5.74, 6) is -0.242. The van der Waals surface area contributed by atoms with E-state index in [1.807, 2.05) is 24.3 Å². The third-order valence-corrected chi connectivity index (χ3v) is 2.00. The van der Waals surface area contributed by atoms with Gasteiger partial charge in [-0.15, -0.1) is 0 Å². The van der Waals surface area contributed by atoms with Crippen LogP contribution < -0.4 is 0 Å². The lowest BCUT2D eigenvalue weighted by atomic mass is 10.2. The standard InChI is InChI=1S/C9H9IO2/c1-7(11)12-6-8-3-2-4-9(10)5-8/h2-5H,6H2,1H3. The Morgan fingerprint density at radius 2 is 2.33 bits per heavy atom. The summed E-state index contributed by atoms with van der Waals surface area (Å²) < 4.78 is 5.99. The van der Waals surface area contributed by atoms with Crippen LogP contribution in [0, 0.1) is 3.57 Å². The minimum absolute atomic E-state index is 0.242. The van der Waals surface area contributed by atoms with Gasteiger partial charge in [-0.05, 0) is 40.3 Å². The van der Waals surface area contributed by atoms with Gasteiger partial charge in [0.15, 0.2) is 0 Å². The Bertz CT molecular complexity index is 284. The third-order valence-electron chi connectivity index (χ3n) is 1.33. The number of esters is 1. The maximum Gasteiger partial charge on any atom is 0.302 e. The van der Waals surface area contributed by atoms with Crippen LogP contribution in [0.4, 0.5) is 0 Å². The number of ether oxygens (including phenoxy) is 1. The molecule has 2 nitrogen and oxygen atoms in total. The molecule has 0 radical (unpaired) electrons. The third kappa shape index (κ3) is 3.21. The normalized spacial score (nSPS) is 9.50. The molecule has 0 amide bonds. The van der Waals surface area contributed by atoms with Gasteiger partial charge in [-0.25, -0.2) is 0 Å². The van der Waals surface area contributed by atoms with Crippen molar-refractivity contribution in [3.05, 3.63) is 33.4 Å². The summed E-state index contributed by atoms with van der Waals surface area (Å²) in [4.78, 5) is 10.5. The molecule has 0 fully saturated rings. The molecule has 1 rings (SSSR count). The zero-order chi connectivity index (χ0) is 8.97. The number of carbonyl (C=O) groups is 1. The van der Waals surface area contributed by atoms with Gasteiger partial charge in [0.25, 0.3) is 0 Å². The topological polar surface area (TPSA) is 26.3 Å². The van der Waals surface area contributed by atoms with Crippen LogP contribution in [0.5, 0.6) is 0 Å². The molecule has 0 atom stereocenters. The van der Waals surface area contributed by atoms with Gasteiger partial charge in [0.1, 0.15) is 6.61 Å². The Morgan fingerprint density at radius 3 is 2.92 bits per heavy atom. The molecule has 3 heteroatoms. The molecule has 12 heavy (non-hydrogen) atoms. The van der Waals surface area contributed by atoms with E-state index in [1.165, 1.54) is 6.92 Å². The highest BCUT2D eigenvalue weighted by Gasteiger charge is 1.95. The van der Waals surface area contributed by atoms with Crippen molar-refractivity contribution in [2.75, 3.05) is 0 Å². The lowest BCUT2D eigenvalue weighted by molar-refractivity contribution is -0.142. The first-order valence-corrected chi connectivity index (χ1v) is 4.64. The average Bonchev–Trinajstić information content (AvgIpc) is 2.01. The first-order valence-electron chi connectivity index (χ1n) is 3.56. The molecule has 0 spiro atoms. The quantitative estimate of drug-likeness (QED) is 0.612. The Morgan fingerprint density at radius 1 is 1.58 bits per heavy atom. The lowest BCUT2D eigenvalue weighted by Crippen LogP contribution is -1.98. The number of halogens is 1. The Labute approximate surface area is 85.1 Å². The van der Waals surface area contributed by atoms with Crippen LogP contribution in [0.1, 0.15) is 12.5 Å². The van der Waals surface area contributed by atoms with Crippen LogP contribution in [0.15, 0.2) is 24.3 Å². The van der Waals surface area contributed by atoms with Crippen molar-refractivity contribution < 1.29 is 9.53 Å². The van der Waals surface area contributed by atoms with Gasteiger partial charge in [0.05, 0.1) is 0 Å². The van der Waals surface area contributed by atoms with Crippen molar-refractivity contribution in [3.8, 4) is 0 Å². The van der Waals surface area contributed by atoms with Gasteiger partial charge in [0, 0.05) is 10.5 Å². The first-order chi connectivity index (χ1) is 5.68. The summed E-state index contributed by atoms with van der Waals surface area (Å²) in [6.07, 6.45) is 0. The lowest BCUT2D eigenvalue weighted by Gasteiger charge is -2.01. The first kappa shape index (κ1) is 9.51. The Hall–Kier alpha value is -0.580. The summed E-state index contributed by atoms with van der Waals surface area (Å²) in [5, 5.41) is 0. The summed E-state index contributed by atoms with van der Waals surface area (Å²) in [5.41, 5.74) is 1.03. The van der Waals surface area contributed by atoms with Gasteiger partial charge < -0.3 is 4.74 Å². The molecule has 0 heterocycles. The molecule has 0 aliphatic carbocycles. The van der Waals surface area contributed by atoms with Crippen LogP contribution >= 0.6 is 22.6 Å². The van der Waals surface area contributed by atoms with Gasteiger partial charge in [-0.2, -0.15) is 0 Å². The second kappa shape index (κ2) is 4.45. The van der Waals surface area contributed by atoms with E-state index in [-0.39, 0.29) is 5.97 Å². The zero-order valence-electron chi connectivity index (χ0n) is 6.71. The highest BCUT2D eigenvalue weighted by atomic mass is 127. The second-order valence-electron chi connectivity index (χ2n) is 2.41. The fraction of sp³-hybridized carbons (Fsp3) is 0.222. The Kier molecular flexibility index (Phi) is 3.52. The molecule has 0 aromatic heterocycles. The van der Waals surface area contributed by atoms with Crippen molar-refractivity contribution in [3.63, 3.8) is 0 Å². The molecular weight excluding hydrogens is 267 g/mol. The minimum Gasteiger partial charge on any atom is -0.461 e. The minimum atomic E-state index is -0.242. The molecule has 1 aromatic rings. The number of rotatable bonds is 2. The van der Waals surface area contributed by atoms with E-state index in [1.54, 1.807) is 0 Å². The molecule has 0 aliphatic heterocycles. The predicted molar refractivity (Wildman–Crippen MR) is 54.6 cm³/mol. The number of hydrogen-bond donors (Lipinski definition) is 0. The monoisotopic (exact) mass is 276 g/mol. The molecule has 0 aliphatic rings. The largest absolute Gasteiger partial charge is 0.461 e. The van der Waals surface area contributed by atoms with Crippen molar-refractivity contribution in [2.24, 2.45) is 0 Å². The maximum atomic E-state index is 10.5. The van der Waals surface area contributed by atoms with E-state index in [0.29, 0.717) is 6.61 Å². The van der Waals surface area contributed by atoms with Gasteiger partial charge in [-0.1, -0.05) is 12.1 Å². The SMILES string of the molecule is CC(=O)OCc1cccc(I)c1. The zero-order valence-corrected chi connectivity index (χ0v) is 8.87. The molecule has 0 unspecified atom stereocenters. The summed E-state index contributed by atoms with van der Waals surface area (Å²) >= 11 is 2.22. The van der Waals surface area contributed by atoms with Crippen molar-refractivity contribution in [1.82, 2.24) is 0 Å². The van der Waals surface area contributed by atoms with E-state index >= 15 is 0 Å². The average molecular weight is 276 g/mol. The van der Waals surface area contributed by atoms with Gasteiger partial charge >= 0.3 is 5.97 Å². The van der Waals surface area contributed by atoms with Crippen LogP contribution in [0.25, 0.3) is 0 Å². The second-order valence-corrected chi connectivity index (χ2v) is 3.66. The maximum absolute atomic E-state index is 10.5. The van der Waals surface area contributed by atoms with E-state index in [2.05, 4.69) is 22.6 Å². The molecule has 0 saturated carbocycles. The molecule has 0 saturated heterocycles. The van der Waals surface area contributed by atoms with Crippen LogP contribution in [0.2, 0.25) is 0 Å². The van der Waals surface area contributed by atoms with Gasteiger partial charge in [0.2, 0.25) is 0 Å². The molecule has 0 bridgehead atoms. The molecule has 0 N–H and O–H groups in total. The predicted octanol–water partition coefficient (Wildman–Crippen LogP) is 2.35. The van der Waals surface area contributed by atoms with Crippen molar-refractivity contribution >= 4 is 28.6 Å². The Balaban J connectivity index is 2.57. The highest BCUT2D eigenvalue weighted by molar-refractivity contribution is 14.1. The fourth-order valence-electron chi connectivity index (χ4n) is 0.812. The highest BCUT2D eigenvalue weighted by Crippen LogP contribution is 2.08. The van der Waals surface area contributed by atoms with E-state index < -0.39 is 0 Å². The molecular formula is C9H9IO2. The van der Waals surface area contributed by atoms with Crippen LogP contribution in [0.3, 0.4) is 0 Å². The number of carbonyl (C=O) groups excluding carboxylic acids is 1. The summed E-state index contributed by atoms with van der Waals surface area (Å²) in [6.45, 7) is 1.78. The van der Waals surface area contributed by atoms with E-state index in [0.717, 1.165) is 9.13 Å². The summed E-state index contributed by atoms with van der Waals surface area (Å²) in [7, 11) is 0. The van der Waals surface area contributed by atoms with Crippen LogP contribution in [-0.2, 0) is 16.1 Å². The van der Waals surface area contributed by atoms with E-state index in [4.69, 9.17) is 4.74 Å². The molecule has 64 valence electrons. The van der Waals surface area contributed by atoms with Gasteiger partial charge in [-0.3, -0.25) is 4.79 Å². The summed E-state index contributed by atoms with van der Waals surface area (Å²) in [6, 6.07) is 7.87. The van der Waals surface area contributed by atoms with Crippen molar-refractivity contribution in [2.45, 2.75) is 13.5 Å². The van der Waals surface area contributed by atoms with Crippen molar-refractivity contribution in [1.29, 1.82) is 0 Å². The smallest absolute Gasteiger partial charge is 0.302 e. The number of benzene rings is 1. The van der Waals surface area contributed by atoms with E-state index in [9.17, 15) is 4.79 Å². The van der Waals surface area contributed by atoms with Crippen LogP contribution in [-0.4, -0.2) is 5.97 Å².